The second kappa shape index (κ2) is 5.08. The van der Waals surface area contributed by atoms with Crippen LogP contribution in [-0.4, -0.2) is 27.8 Å². The third-order valence-electron chi connectivity index (χ3n) is 8.51. The first-order valence-corrected chi connectivity index (χ1v) is 9.54. The molecule has 0 bridgehead atoms. The Labute approximate surface area is 148 Å². The van der Waals surface area contributed by atoms with Gasteiger partial charge in [-0.25, -0.2) is 8.78 Å². The van der Waals surface area contributed by atoms with Gasteiger partial charge in [0.2, 0.25) is 0 Å². The van der Waals surface area contributed by atoms with Gasteiger partial charge in [-0.15, -0.1) is 6.42 Å². The van der Waals surface area contributed by atoms with E-state index in [2.05, 4.69) is 18.9 Å². The fraction of sp³-hybridized carbons (Fsp3) is 0.810. The summed E-state index contributed by atoms with van der Waals surface area (Å²) in [6.07, 6.45) is 11.6. The highest BCUT2D eigenvalue weighted by Crippen LogP contribution is 2.69. The SMILES string of the molecule is C#C[C@]1(O)C(F)(F)C[C@H]2[C@@H]3CC=C4C[C@@H](O)CC[C@]4(C)[C@H]3CC[C@@]21C. The van der Waals surface area contributed by atoms with Gasteiger partial charge in [-0.3, -0.25) is 0 Å². The number of hydrogen-bond donors (Lipinski definition) is 2. The van der Waals surface area contributed by atoms with E-state index in [0.29, 0.717) is 18.8 Å². The van der Waals surface area contributed by atoms with Gasteiger partial charge in [-0.2, -0.15) is 0 Å². The van der Waals surface area contributed by atoms with Crippen LogP contribution < -0.4 is 0 Å². The summed E-state index contributed by atoms with van der Waals surface area (Å²) in [5.41, 5.74) is -1.96. The lowest BCUT2D eigenvalue weighted by molar-refractivity contribution is -0.174. The molecule has 4 heteroatoms. The Morgan fingerprint density at radius 2 is 1.92 bits per heavy atom. The predicted octanol–water partition coefficient (Wildman–Crippen LogP) is 3.92. The summed E-state index contributed by atoms with van der Waals surface area (Å²) in [6, 6.07) is 0. The maximum atomic E-state index is 14.7. The standard InChI is InChI=1S/C21H28F2O2/c1-4-20(25)19(3)10-8-16-15(17(19)12-21(20,22)23)6-5-13-11-14(24)7-9-18(13,16)2/h1,5,14-17,24-25H,6-12H2,2-3H3/t14-,15+,16-,17-,18-,19-,20+/m0/s1. The largest absolute Gasteiger partial charge is 0.393 e. The summed E-state index contributed by atoms with van der Waals surface area (Å²) >= 11 is 0. The van der Waals surface area contributed by atoms with Crippen LogP contribution in [0.2, 0.25) is 0 Å². The van der Waals surface area contributed by atoms with E-state index in [1.54, 1.807) is 6.92 Å². The summed E-state index contributed by atoms with van der Waals surface area (Å²) in [6.45, 7) is 4.03. The number of hydrogen-bond acceptors (Lipinski definition) is 2. The van der Waals surface area contributed by atoms with Gasteiger partial charge in [0.25, 0.3) is 5.92 Å². The van der Waals surface area contributed by atoms with E-state index >= 15 is 0 Å². The molecule has 4 aliphatic rings. The van der Waals surface area contributed by atoms with E-state index in [4.69, 9.17) is 6.42 Å². The van der Waals surface area contributed by atoms with Crippen LogP contribution in [0.1, 0.15) is 58.8 Å². The molecular formula is C21H28F2O2. The van der Waals surface area contributed by atoms with Gasteiger partial charge in [0.15, 0.2) is 5.60 Å². The van der Waals surface area contributed by atoms with E-state index < -0.39 is 16.9 Å². The normalized spacial score (nSPS) is 53.9. The van der Waals surface area contributed by atoms with Crippen molar-refractivity contribution in [1.29, 1.82) is 0 Å². The second-order valence-electron chi connectivity index (χ2n) is 9.38. The molecule has 0 amide bonds. The number of aliphatic hydroxyl groups excluding tert-OH is 1. The number of fused-ring (bicyclic) bond motifs is 5. The average Bonchev–Trinajstić information content (AvgIpc) is 2.72. The first kappa shape index (κ1) is 17.5. The summed E-state index contributed by atoms with van der Waals surface area (Å²) in [4.78, 5) is 0. The minimum Gasteiger partial charge on any atom is -0.393 e. The first-order valence-electron chi connectivity index (χ1n) is 9.54. The Morgan fingerprint density at radius 3 is 2.60 bits per heavy atom. The molecule has 2 nitrogen and oxygen atoms in total. The molecule has 0 heterocycles. The molecule has 3 saturated carbocycles. The van der Waals surface area contributed by atoms with E-state index in [0.717, 1.165) is 25.7 Å². The molecule has 0 spiro atoms. The number of alkyl halides is 2. The molecule has 0 aromatic heterocycles. The molecule has 0 aromatic carbocycles. The number of rotatable bonds is 0. The van der Waals surface area contributed by atoms with Crippen molar-refractivity contribution in [3.63, 3.8) is 0 Å². The Morgan fingerprint density at radius 1 is 1.20 bits per heavy atom. The lowest BCUT2D eigenvalue weighted by Crippen LogP contribution is -2.57. The fourth-order valence-electron chi connectivity index (χ4n) is 6.90. The Hall–Kier alpha value is -0.920. The van der Waals surface area contributed by atoms with Crippen molar-refractivity contribution in [3.8, 4) is 12.3 Å². The summed E-state index contributed by atoms with van der Waals surface area (Å²) in [7, 11) is 0. The highest BCUT2D eigenvalue weighted by atomic mass is 19.3. The zero-order chi connectivity index (χ0) is 18.3. The van der Waals surface area contributed by atoms with Crippen LogP contribution in [0.5, 0.6) is 0 Å². The molecule has 25 heavy (non-hydrogen) atoms. The number of allylic oxidation sites excluding steroid dienone is 1. The molecule has 0 aliphatic heterocycles. The van der Waals surface area contributed by atoms with Gasteiger partial charge in [0.05, 0.1) is 6.10 Å². The zero-order valence-corrected chi connectivity index (χ0v) is 15.1. The van der Waals surface area contributed by atoms with Crippen molar-refractivity contribution < 1.29 is 19.0 Å². The number of aliphatic hydroxyl groups is 2. The van der Waals surface area contributed by atoms with Crippen LogP contribution in [0.3, 0.4) is 0 Å². The third kappa shape index (κ3) is 1.97. The second-order valence-corrected chi connectivity index (χ2v) is 9.38. The molecular weight excluding hydrogens is 322 g/mol. The van der Waals surface area contributed by atoms with Crippen LogP contribution in [0.4, 0.5) is 8.78 Å². The lowest BCUT2D eigenvalue weighted by Gasteiger charge is -2.58. The van der Waals surface area contributed by atoms with Crippen molar-refractivity contribution >= 4 is 0 Å². The minimum absolute atomic E-state index is 0.00435. The van der Waals surface area contributed by atoms with Gasteiger partial charge in [0.1, 0.15) is 0 Å². The maximum Gasteiger partial charge on any atom is 0.288 e. The van der Waals surface area contributed by atoms with Gasteiger partial charge in [0, 0.05) is 11.8 Å². The molecule has 0 aromatic rings. The highest BCUT2D eigenvalue weighted by molar-refractivity contribution is 5.32. The monoisotopic (exact) mass is 350 g/mol. The molecule has 4 rings (SSSR count). The van der Waals surface area contributed by atoms with Crippen molar-refractivity contribution in [2.24, 2.45) is 28.6 Å². The fourth-order valence-corrected chi connectivity index (χ4v) is 6.90. The molecule has 0 radical (unpaired) electrons. The van der Waals surface area contributed by atoms with Crippen molar-refractivity contribution in [2.75, 3.05) is 0 Å². The van der Waals surface area contributed by atoms with Gasteiger partial charge >= 0.3 is 0 Å². The third-order valence-corrected chi connectivity index (χ3v) is 8.51. The van der Waals surface area contributed by atoms with Crippen LogP contribution in [0.15, 0.2) is 11.6 Å². The quantitative estimate of drug-likeness (QED) is 0.513. The molecule has 138 valence electrons. The van der Waals surface area contributed by atoms with Crippen molar-refractivity contribution in [2.45, 2.75) is 76.4 Å². The number of halogens is 2. The molecule has 7 atom stereocenters. The first-order chi connectivity index (χ1) is 11.6. The molecule has 0 unspecified atom stereocenters. The van der Waals surface area contributed by atoms with Crippen LogP contribution in [0, 0.1) is 40.9 Å². The van der Waals surface area contributed by atoms with E-state index in [1.807, 2.05) is 0 Å². The van der Waals surface area contributed by atoms with Crippen LogP contribution in [0.25, 0.3) is 0 Å². The minimum atomic E-state index is -3.23. The Kier molecular flexibility index (Phi) is 3.55. The van der Waals surface area contributed by atoms with Gasteiger partial charge in [-0.05, 0) is 61.7 Å². The zero-order valence-electron chi connectivity index (χ0n) is 15.1. The van der Waals surface area contributed by atoms with Crippen molar-refractivity contribution in [3.05, 3.63) is 11.6 Å². The molecule has 3 fully saturated rings. The Bertz CT molecular complexity index is 665. The smallest absolute Gasteiger partial charge is 0.288 e. The number of terminal acetylenes is 1. The molecule has 0 saturated heterocycles. The van der Waals surface area contributed by atoms with E-state index in [9.17, 15) is 19.0 Å². The van der Waals surface area contributed by atoms with Gasteiger partial charge in [-0.1, -0.05) is 31.4 Å². The molecule has 2 N–H and O–H groups in total. The Balaban J connectivity index is 1.74. The topological polar surface area (TPSA) is 40.5 Å². The lowest BCUT2D eigenvalue weighted by atomic mass is 9.47. The predicted molar refractivity (Wildman–Crippen MR) is 91.8 cm³/mol. The van der Waals surface area contributed by atoms with Crippen molar-refractivity contribution in [1.82, 2.24) is 0 Å². The average molecular weight is 350 g/mol. The van der Waals surface area contributed by atoms with Crippen LogP contribution in [-0.2, 0) is 0 Å². The van der Waals surface area contributed by atoms with Crippen LogP contribution >= 0.6 is 0 Å². The van der Waals surface area contributed by atoms with Gasteiger partial charge < -0.3 is 10.2 Å². The maximum absolute atomic E-state index is 14.7. The van der Waals surface area contributed by atoms with E-state index in [1.165, 1.54) is 5.57 Å². The highest BCUT2D eigenvalue weighted by Gasteiger charge is 2.74. The van der Waals surface area contributed by atoms with E-state index in [-0.39, 0.29) is 29.8 Å². The summed E-state index contributed by atoms with van der Waals surface area (Å²) in [5, 5.41) is 20.8. The molecule has 4 aliphatic carbocycles. The summed E-state index contributed by atoms with van der Waals surface area (Å²) in [5.74, 6) is -0.921. The summed E-state index contributed by atoms with van der Waals surface area (Å²) < 4.78 is 29.5.